The van der Waals surface area contributed by atoms with E-state index in [2.05, 4.69) is 26.8 Å². The van der Waals surface area contributed by atoms with Crippen LogP contribution in [-0.2, 0) is 19.1 Å². The molecular weight excluding hydrogens is 342 g/mol. The third-order valence-electron chi connectivity index (χ3n) is 4.75. The normalized spacial score (nSPS) is 15.8. The van der Waals surface area contributed by atoms with Gasteiger partial charge in [-0.05, 0) is 51.5 Å². The van der Waals surface area contributed by atoms with Gasteiger partial charge in [0.15, 0.2) is 0 Å². The van der Waals surface area contributed by atoms with E-state index in [9.17, 15) is 14.4 Å². The molecule has 0 bridgehead atoms. The van der Waals surface area contributed by atoms with Crippen molar-refractivity contribution in [2.75, 3.05) is 13.2 Å². The highest BCUT2D eigenvalue weighted by Crippen LogP contribution is 2.14. The van der Waals surface area contributed by atoms with Gasteiger partial charge in [0.2, 0.25) is 11.8 Å². The molecule has 0 atom stereocenters. The Morgan fingerprint density at radius 2 is 1.67 bits per heavy atom. The molecule has 1 aliphatic rings. The van der Waals surface area contributed by atoms with Gasteiger partial charge < -0.3 is 4.74 Å². The number of nitrogens with zero attached hydrogens (tertiary/aromatic N) is 1. The van der Waals surface area contributed by atoms with Crippen LogP contribution in [0.1, 0.15) is 79.1 Å². The van der Waals surface area contributed by atoms with E-state index in [1.165, 1.54) is 30.4 Å². The Labute approximate surface area is 163 Å². The van der Waals surface area contributed by atoms with Gasteiger partial charge in [0.25, 0.3) is 0 Å². The first-order chi connectivity index (χ1) is 12.8. The van der Waals surface area contributed by atoms with Gasteiger partial charge in [-0.2, -0.15) is 0 Å². The highest BCUT2D eigenvalue weighted by molar-refractivity contribution is 6.02. The summed E-state index contributed by atoms with van der Waals surface area (Å²) < 4.78 is 5.17. The summed E-state index contributed by atoms with van der Waals surface area (Å²) in [6.45, 7) is 9.11. The van der Waals surface area contributed by atoms with Gasteiger partial charge >= 0.3 is 5.97 Å². The lowest BCUT2D eigenvalue weighted by Crippen LogP contribution is -2.31. The molecule has 0 aliphatic carbocycles. The molecule has 1 aliphatic heterocycles. The zero-order valence-corrected chi connectivity index (χ0v) is 17.4. The number of amides is 2. The minimum Gasteiger partial charge on any atom is -0.461 e. The molecule has 0 spiro atoms. The average Bonchev–Trinajstić information content (AvgIpc) is 2.91. The molecule has 0 N–H and O–H groups in total. The number of carbonyl (C=O) groups is 3. The highest BCUT2D eigenvalue weighted by Gasteiger charge is 2.28. The van der Waals surface area contributed by atoms with E-state index in [1.54, 1.807) is 0 Å². The third-order valence-corrected chi connectivity index (χ3v) is 4.75. The summed E-state index contributed by atoms with van der Waals surface area (Å²) in [6, 6.07) is 0. The standard InChI is InChI=1S/C22H35NO4/c1-17(2)7-5-8-18(3)9-6-10-19(4)14-16-27-22(26)13-15-23-20(24)11-12-21(23)25/h9,14,17H,5-8,10-13,15-16H2,1-4H3/b18-9-,19-14-. The predicted molar refractivity (Wildman–Crippen MR) is 107 cm³/mol. The van der Waals surface area contributed by atoms with Crippen molar-refractivity contribution in [2.45, 2.75) is 79.1 Å². The van der Waals surface area contributed by atoms with Gasteiger partial charge in [-0.15, -0.1) is 0 Å². The molecule has 1 saturated heterocycles. The van der Waals surface area contributed by atoms with Crippen molar-refractivity contribution in [2.24, 2.45) is 5.92 Å². The summed E-state index contributed by atoms with van der Waals surface area (Å²) in [5.74, 6) is -0.0124. The van der Waals surface area contributed by atoms with Crippen LogP contribution in [0.3, 0.4) is 0 Å². The number of allylic oxidation sites excluding steroid dienone is 3. The van der Waals surface area contributed by atoms with E-state index in [-0.39, 0.29) is 50.2 Å². The van der Waals surface area contributed by atoms with Crippen molar-refractivity contribution in [3.63, 3.8) is 0 Å². The number of imide groups is 1. The maximum atomic E-state index is 11.7. The van der Waals surface area contributed by atoms with Crippen LogP contribution in [-0.4, -0.2) is 35.8 Å². The van der Waals surface area contributed by atoms with Crippen molar-refractivity contribution in [3.05, 3.63) is 23.3 Å². The summed E-state index contributed by atoms with van der Waals surface area (Å²) in [5, 5.41) is 0. The smallest absolute Gasteiger partial charge is 0.307 e. The lowest BCUT2D eigenvalue weighted by atomic mass is 10.0. The molecule has 5 heteroatoms. The quantitative estimate of drug-likeness (QED) is 0.284. The predicted octanol–water partition coefficient (Wildman–Crippen LogP) is 4.57. The number of likely N-dealkylation sites (tertiary alicyclic amines) is 1. The van der Waals surface area contributed by atoms with Crippen molar-refractivity contribution in [3.8, 4) is 0 Å². The van der Waals surface area contributed by atoms with Gasteiger partial charge in [-0.25, -0.2) is 0 Å². The molecule has 0 aromatic carbocycles. The molecule has 27 heavy (non-hydrogen) atoms. The van der Waals surface area contributed by atoms with Gasteiger partial charge in [0.1, 0.15) is 6.61 Å². The summed E-state index contributed by atoms with van der Waals surface area (Å²) in [5.41, 5.74) is 2.64. The Kier molecular flexibility index (Phi) is 10.7. The summed E-state index contributed by atoms with van der Waals surface area (Å²) in [6.07, 6.45) is 10.4. The lowest BCUT2D eigenvalue weighted by molar-refractivity contribution is -0.144. The Morgan fingerprint density at radius 3 is 2.30 bits per heavy atom. The van der Waals surface area contributed by atoms with E-state index < -0.39 is 0 Å². The zero-order chi connectivity index (χ0) is 20.2. The van der Waals surface area contributed by atoms with Crippen LogP contribution >= 0.6 is 0 Å². The lowest BCUT2D eigenvalue weighted by Gasteiger charge is -2.12. The molecule has 0 saturated carbocycles. The van der Waals surface area contributed by atoms with E-state index in [1.807, 2.05) is 13.0 Å². The van der Waals surface area contributed by atoms with Crippen LogP contribution < -0.4 is 0 Å². The summed E-state index contributed by atoms with van der Waals surface area (Å²) >= 11 is 0. The van der Waals surface area contributed by atoms with Crippen LogP contribution in [0.15, 0.2) is 23.3 Å². The number of hydrogen-bond acceptors (Lipinski definition) is 4. The number of carbonyl (C=O) groups excluding carboxylic acids is 3. The van der Waals surface area contributed by atoms with E-state index >= 15 is 0 Å². The maximum absolute atomic E-state index is 11.7. The molecule has 0 unspecified atom stereocenters. The van der Waals surface area contributed by atoms with Gasteiger partial charge in [-0.1, -0.05) is 37.5 Å². The van der Waals surface area contributed by atoms with Crippen molar-refractivity contribution in [1.29, 1.82) is 0 Å². The van der Waals surface area contributed by atoms with Crippen LogP contribution in [0.5, 0.6) is 0 Å². The number of rotatable bonds is 12. The molecule has 0 radical (unpaired) electrons. The van der Waals surface area contributed by atoms with Crippen LogP contribution in [0.25, 0.3) is 0 Å². The van der Waals surface area contributed by atoms with Gasteiger partial charge in [0, 0.05) is 19.4 Å². The number of hydrogen-bond donors (Lipinski definition) is 0. The fourth-order valence-electron chi connectivity index (χ4n) is 2.96. The molecule has 152 valence electrons. The fraction of sp³-hybridized carbons (Fsp3) is 0.682. The topological polar surface area (TPSA) is 63.7 Å². The summed E-state index contributed by atoms with van der Waals surface area (Å²) in [4.78, 5) is 35.8. The van der Waals surface area contributed by atoms with E-state index in [0.717, 1.165) is 23.7 Å². The Balaban J connectivity index is 2.17. The second-order valence-electron chi connectivity index (χ2n) is 7.80. The van der Waals surface area contributed by atoms with Crippen LogP contribution in [0, 0.1) is 5.92 Å². The van der Waals surface area contributed by atoms with Gasteiger partial charge in [-0.3, -0.25) is 19.3 Å². The van der Waals surface area contributed by atoms with E-state index in [4.69, 9.17) is 4.74 Å². The minimum atomic E-state index is -0.382. The molecule has 1 rings (SSSR count). The van der Waals surface area contributed by atoms with Crippen molar-refractivity contribution in [1.82, 2.24) is 4.90 Å². The van der Waals surface area contributed by atoms with Crippen molar-refractivity contribution < 1.29 is 19.1 Å². The Bertz CT molecular complexity index is 559. The fourth-order valence-corrected chi connectivity index (χ4v) is 2.96. The maximum Gasteiger partial charge on any atom is 0.307 e. The number of ether oxygens (including phenoxy) is 1. The molecule has 2 amide bonds. The first-order valence-corrected chi connectivity index (χ1v) is 10.1. The molecule has 1 heterocycles. The molecule has 0 aromatic rings. The second-order valence-corrected chi connectivity index (χ2v) is 7.80. The number of esters is 1. The second kappa shape index (κ2) is 12.5. The molecule has 1 fully saturated rings. The zero-order valence-electron chi connectivity index (χ0n) is 17.4. The molecule has 5 nitrogen and oxygen atoms in total. The summed E-state index contributed by atoms with van der Waals surface area (Å²) in [7, 11) is 0. The highest BCUT2D eigenvalue weighted by atomic mass is 16.5. The Hall–Kier alpha value is -1.91. The van der Waals surface area contributed by atoms with Crippen LogP contribution in [0.2, 0.25) is 0 Å². The largest absolute Gasteiger partial charge is 0.461 e. The van der Waals surface area contributed by atoms with Crippen LogP contribution in [0.4, 0.5) is 0 Å². The molecular formula is C22H35NO4. The van der Waals surface area contributed by atoms with Crippen molar-refractivity contribution >= 4 is 17.8 Å². The monoisotopic (exact) mass is 377 g/mol. The molecule has 0 aromatic heterocycles. The van der Waals surface area contributed by atoms with E-state index in [0.29, 0.717) is 0 Å². The minimum absolute atomic E-state index is 0.0582. The van der Waals surface area contributed by atoms with Gasteiger partial charge in [0.05, 0.1) is 6.42 Å². The first-order valence-electron chi connectivity index (χ1n) is 10.1. The SMILES string of the molecule is C/C(=C/COC(=O)CCN1C(=O)CCC1=O)CC/C=C(/C)CCCC(C)C. The average molecular weight is 378 g/mol. The Morgan fingerprint density at radius 1 is 1.04 bits per heavy atom. The first kappa shape index (κ1) is 23.1. The third kappa shape index (κ3) is 10.1.